The van der Waals surface area contributed by atoms with Gasteiger partial charge in [-0.05, 0) is 42.1 Å². The average Bonchev–Trinajstić information content (AvgIpc) is 2.94. The van der Waals surface area contributed by atoms with E-state index in [1.165, 1.54) is 24.4 Å². The number of carbonyl (C=O) groups excluding carboxylic acids is 1. The highest BCUT2D eigenvalue weighted by atomic mass is 32.2. The number of thioether (sulfide) groups is 1. The van der Waals surface area contributed by atoms with Crippen LogP contribution in [-0.2, 0) is 4.79 Å². The van der Waals surface area contributed by atoms with Crippen LogP contribution in [-0.4, -0.2) is 45.6 Å². The summed E-state index contributed by atoms with van der Waals surface area (Å²) in [7, 11) is 3.88. The van der Waals surface area contributed by atoms with E-state index < -0.39 is 10.8 Å². The van der Waals surface area contributed by atoms with Gasteiger partial charge in [-0.1, -0.05) is 23.9 Å². The number of anilines is 1. The van der Waals surface area contributed by atoms with Crippen LogP contribution >= 0.6 is 24.0 Å². The molecule has 1 aliphatic heterocycles. The Morgan fingerprint density at radius 1 is 1.24 bits per heavy atom. The van der Waals surface area contributed by atoms with Gasteiger partial charge in [-0.2, -0.15) is 10.1 Å². The molecule has 1 saturated heterocycles. The van der Waals surface area contributed by atoms with E-state index in [2.05, 4.69) is 5.10 Å². The molecule has 2 aromatic carbocycles. The Morgan fingerprint density at radius 2 is 1.93 bits per heavy atom. The minimum absolute atomic E-state index is 0.108. The summed E-state index contributed by atoms with van der Waals surface area (Å²) in [5, 5.41) is 25.8. The maximum Gasteiger partial charge on any atom is 0.286 e. The largest absolute Gasteiger partial charge is 0.507 e. The molecule has 8 nitrogen and oxygen atoms in total. The summed E-state index contributed by atoms with van der Waals surface area (Å²) >= 11 is 6.33. The molecular weight excluding hydrogens is 412 g/mol. The van der Waals surface area contributed by atoms with E-state index >= 15 is 0 Å². The second-order valence-electron chi connectivity index (χ2n) is 6.22. The van der Waals surface area contributed by atoms with Gasteiger partial charge in [-0.3, -0.25) is 14.9 Å². The van der Waals surface area contributed by atoms with Crippen LogP contribution in [0.5, 0.6) is 5.75 Å². The molecule has 0 aromatic heterocycles. The molecule has 0 bridgehead atoms. The third kappa shape index (κ3) is 4.61. The zero-order chi connectivity index (χ0) is 21.1. The summed E-state index contributed by atoms with van der Waals surface area (Å²) in [6.45, 7) is 0. The lowest BCUT2D eigenvalue weighted by molar-refractivity contribution is -0.384. The number of hydrogen-bond donors (Lipinski definition) is 1. The summed E-state index contributed by atoms with van der Waals surface area (Å²) in [5.74, 6) is -0.598. The number of amides is 1. The molecule has 3 rings (SSSR count). The fourth-order valence-corrected chi connectivity index (χ4v) is 3.63. The van der Waals surface area contributed by atoms with Gasteiger partial charge in [-0.25, -0.2) is 0 Å². The first-order chi connectivity index (χ1) is 13.8. The Bertz CT molecular complexity index is 1050. The maximum atomic E-state index is 12.6. The van der Waals surface area contributed by atoms with Gasteiger partial charge in [0.15, 0.2) is 4.32 Å². The molecule has 0 spiro atoms. The van der Waals surface area contributed by atoms with Crippen molar-refractivity contribution in [2.24, 2.45) is 5.10 Å². The molecule has 2 aromatic rings. The maximum absolute atomic E-state index is 12.6. The van der Waals surface area contributed by atoms with Crippen LogP contribution in [0.1, 0.15) is 11.1 Å². The van der Waals surface area contributed by atoms with Crippen LogP contribution in [0.3, 0.4) is 0 Å². The van der Waals surface area contributed by atoms with Crippen molar-refractivity contribution in [3.8, 4) is 5.75 Å². The summed E-state index contributed by atoms with van der Waals surface area (Å²) in [6, 6.07) is 11.2. The van der Waals surface area contributed by atoms with Crippen LogP contribution in [0.2, 0.25) is 0 Å². The van der Waals surface area contributed by atoms with Crippen molar-refractivity contribution in [2.75, 3.05) is 19.0 Å². The van der Waals surface area contributed by atoms with Crippen molar-refractivity contribution < 1.29 is 14.8 Å². The Morgan fingerprint density at radius 3 is 2.55 bits per heavy atom. The first-order valence-corrected chi connectivity index (χ1v) is 9.55. The van der Waals surface area contributed by atoms with Crippen molar-refractivity contribution in [3.63, 3.8) is 0 Å². The number of hydrogen-bond acceptors (Lipinski definition) is 8. The lowest BCUT2D eigenvalue weighted by Gasteiger charge is -2.11. The van der Waals surface area contributed by atoms with Gasteiger partial charge < -0.3 is 10.0 Å². The molecule has 1 fully saturated rings. The molecule has 148 valence electrons. The van der Waals surface area contributed by atoms with Crippen molar-refractivity contribution in [1.82, 2.24) is 5.01 Å². The number of nitrogens with zero attached hydrogens (tertiary/aromatic N) is 4. The number of aromatic hydroxyl groups is 1. The van der Waals surface area contributed by atoms with Crippen LogP contribution in [0.4, 0.5) is 11.4 Å². The lowest BCUT2D eigenvalue weighted by Crippen LogP contribution is -2.22. The Hall–Kier alpha value is -3.24. The molecule has 1 N–H and O–H groups in total. The smallest absolute Gasteiger partial charge is 0.286 e. The molecule has 1 aliphatic rings. The number of hydrazone groups is 1. The number of carbonyl (C=O) groups is 1. The number of nitro groups is 1. The molecule has 1 heterocycles. The SMILES string of the molecule is CN(C)c1ccc(/C=C2/SC(=S)N(/N=C/c3cc([N+](=O)[O-])ccc3O)C2=O)cc1. The van der Waals surface area contributed by atoms with Crippen LogP contribution in [0, 0.1) is 10.1 Å². The zero-order valence-electron chi connectivity index (χ0n) is 15.5. The number of benzene rings is 2. The number of phenolic OH excluding ortho intramolecular Hbond substituents is 1. The number of nitro benzene ring substituents is 1. The second kappa shape index (κ2) is 8.41. The minimum atomic E-state index is -0.583. The summed E-state index contributed by atoms with van der Waals surface area (Å²) < 4.78 is 0.229. The number of non-ortho nitro benzene ring substituents is 1. The van der Waals surface area contributed by atoms with Crippen molar-refractivity contribution in [2.45, 2.75) is 0 Å². The Labute approximate surface area is 176 Å². The lowest BCUT2D eigenvalue weighted by atomic mass is 10.2. The number of phenols is 1. The molecule has 0 unspecified atom stereocenters. The third-order valence-electron chi connectivity index (χ3n) is 4.01. The van der Waals surface area contributed by atoms with Crippen molar-refractivity contribution in [3.05, 3.63) is 68.6 Å². The molecule has 10 heteroatoms. The third-order valence-corrected chi connectivity index (χ3v) is 5.30. The van der Waals surface area contributed by atoms with Crippen LogP contribution in [0.25, 0.3) is 6.08 Å². The van der Waals surface area contributed by atoms with Crippen LogP contribution in [0.15, 0.2) is 52.5 Å². The first-order valence-electron chi connectivity index (χ1n) is 8.33. The van der Waals surface area contributed by atoms with E-state index in [-0.39, 0.29) is 21.3 Å². The van der Waals surface area contributed by atoms with Crippen molar-refractivity contribution in [1.29, 1.82) is 0 Å². The molecule has 0 saturated carbocycles. The molecular formula is C19H16N4O4S2. The molecule has 1 amide bonds. The first kappa shape index (κ1) is 20.5. The monoisotopic (exact) mass is 428 g/mol. The van der Waals surface area contributed by atoms with E-state index in [9.17, 15) is 20.0 Å². The molecule has 29 heavy (non-hydrogen) atoms. The standard InChI is InChI=1S/C19H16N4O4S2/c1-21(2)14-5-3-12(4-6-14)9-17-18(25)22(19(28)29-17)20-11-13-10-15(23(26)27)7-8-16(13)24/h3-11,24H,1-2H3/b17-9+,20-11+. The van der Waals surface area contributed by atoms with Crippen LogP contribution < -0.4 is 4.90 Å². The predicted molar refractivity (Wildman–Crippen MR) is 118 cm³/mol. The molecule has 0 atom stereocenters. The topological polar surface area (TPSA) is 99.3 Å². The minimum Gasteiger partial charge on any atom is -0.507 e. The van der Waals surface area contributed by atoms with E-state index in [1.807, 2.05) is 43.3 Å². The summed E-state index contributed by atoms with van der Waals surface area (Å²) in [4.78, 5) is 25.3. The highest BCUT2D eigenvalue weighted by molar-refractivity contribution is 8.26. The van der Waals surface area contributed by atoms with Gasteiger partial charge in [0, 0.05) is 37.5 Å². The quantitative estimate of drug-likeness (QED) is 0.255. The van der Waals surface area contributed by atoms with E-state index in [4.69, 9.17) is 12.2 Å². The normalized spacial score (nSPS) is 15.5. The fourth-order valence-electron chi connectivity index (χ4n) is 2.46. The van der Waals surface area contributed by atoms with Gasteiger partial charge in [-0.15, -0.1) is 0 Å². The van der Waals surface area contributed by atoms with Gasteiger partial charge in [0.05, 0.1) is 16.0 Å². The predicted octanol–water partition coefficient (Wildman–Crippen LogP) is 3.60. The van der Waals surface area contributed by atoms with E-state index in [0.29, 0.717) is 4.91 Å². The van der Waals surface area contributed by atoms with Crippen molar-refractivity contribution >= 4 is 57.9 Å². The highest BCUT2D eigenvalue weighted by Gasteiger charge is 2.32. The van der Waals surface area contributed by atoms with E-state index in [1.54, 1.807) is 6.08 Å². The Balaban J connectivity index is 1.81. The highest BCUT2D eigenvalue weighted by Crippen LogP contribution is 2.33. The number of rotatable bonds is 5. The molecule has 0 radical (unpaired) electrons. The zero-order valence-corrected chi connectivity index (χ0v) is 17.1. The fraction of sp³-hybridized carbons (Fsp3) is 0.105. The van der Waals surface area contributed by atoms with Gasteiger partial charge >= 0.3 is 0 Å². The summed E-state index contributed by atoms with van der Waals surface area (Å²) in [5.41, 5.74) is 1.79. The number of thiocarbonyl (C=S) groups is 1. The average molecular weight is 428 g/mol. The second-order valence-corrected chi connectivity index (χ2v) is 7.90. The molecule has 0 aliphatic carbocycles. The summed E-state index contributed by atoms with van der Waals surface area (Å²) in [6.07, 6.45) is 2.89. The van der Waals surface area contributed by atoms with Gasteiger partial charge in [0.1, 0.15) is 5.75 Å². The van der Waals surface area contributed by atoms with Gasteiger partial charge in [0.2, 0.25) is 0 Å². The van der Waals surface area contributed by atoms with Gasteiger partial charge in [0.25, 0.3) is 11.6 Å². The Kier molecular flexibility index (Phi) is 5.95. The van der Waals surface area contributed by atoms with E-state index in [0.717, 1.165) is 28.0 Å².